The molecule has 1 fully saturated rings. The van der Waals surface area contributed by atoms with E-state index in [1.165, 1.54) is 4.90 Å². The SMILES string of the molecule is CN(C)C(=O)C1CCCN1C(=O)Nc1ccc(SC(C)(C)C)cc1. The zero-order valence-corrected chi connectivity index (χ0v) is 15.9. The number of rotatable bonds is 3. The molecule has 2 rings (SSSR count). The van der Waals surface area contributed by atoms with Gasteiger partial charge >= 0.3 is 6.03 Å². The molecule has 1 aliphatic rings. The van der Waals surface area contributed by atoms with Gasteiger partial charge in [0.05, 0.1) is 0 Å². The van der Waals surface area contributed by atoms with E-state index in [-0.39, 0.29) is 22.7 Å². The van der Waals surface area contributed by atoms with Gasteiger partial charge in [0.1, 0.15) is 6.04 Å². The number of hydrogen-bond donors (Lipinski definition) is 1. The Bertz CT molecular complexity index is 593. The van der Waals surface area contributed by atoms with Gasteiger partial charge in [0.25, 0.3) is 0 Å². The van der Waals surface area contributed by atoms with Crippen LogP contribution in [-0.2, 0) is 4.79 Å². The fourth-order valence-electron chi connectivity index (χ4n) is 2.72. The second kappa shape index (κ2) is 7.47. The largest absolute Gasteiger partial charge is 0.347 e. The van der Waals surface area contributed by atoms with Gasteiger partial charge in [-0.25, -0.2) is 4.79 Å². The number of nitrogens with zero attached hydrogens (tertiary/aromatic N) is 2. The number of thioether (sulfide) groups is 1. The molecule has 6 heteroatoms. The predicted molar refractivity (Wildman–Crippen MR) is 99.5 cm³/mol. The van der Waals surface area contributed by atoms with Crippen molar-refractivity contribution >= 4 is 29.4 Å². The highest BCUT2D eigenvalue weighted by molar-refractivity contribution is 8.00. The first-order valence-electron chi connectivity index (χ1n) is 8.25. The smallest absolute Gasteiger partial charge is 0.322 e. The third-order valence-corrected chi connectivity index (χ3v) is 4.89. The maximum absolute atomic E-state index is 12.5. The Morgan fingerprint density at radius 1 is 1.21 bits per heavy atom. The number of urea groups is 1. The van der Waals surface area contributed by atoms with Crippen LogP contribution >= 0.6 is 11.8 Å². The van der Waals surface area contributed by atoms with Crippen LogP contribution in [-0.4, -0.2) is 53.2 Å². The molecule has 1 aliphatic heterocycles. The van der Waals surface area contributed by atoms with Gasteiger partial charge in [-0.15, -0.1) is 11.8 Å². The summed E-state index contributed by atoms with van der Waals surface area (Å²) in [5, 5.41) is 2.90. The second-order valence-electron chi connectivity index (χ2n) is 7.25. The minimum atomic E-state index is -0.351. The van der Waals surface area contributed by atoms with Gasteiger partial charge in [0.15, 0.2) is 0 Å². The third-order valence-electron chi connectivity index (χ3n) is 3.77. The van der Waals surface area contributed by atoms with Crippen LogP contribution in [0, 0.1) is 0 Å². The lowest BCUT2D eigenvalue weighted by atomic mass is 10.2. The van der Waals surface area contributed by atoms with Crippen molar-refractivity contribution in [3.63, 3.8) is 0 Å². The Hall–Kier alpha value is -1.69. The molecule has 0 radical (unpaired) electrons. The highest BCUT2D eigenvalue weighted by Crippen LogP contribution is 2.32. The number of carbonyl (C=O) groups excluding carboxylic acids is 2. The van der Waals surface area contributed by atoms with E-state index in [4.69, 9.17) is 0 Å². The van der Waals surface area contributed by atoms with Crippen LogP contribution in [0.1, 0.15) is 33.6 Å². The Kier molecular flexibility index (Phi) is 5.80. The van der Waals surface area contributed by atoms with Gasteiger partial charge in [-0.3, -0.25) is 4.79 Å². The molecule has 1 N–H and O–H groups in total. The lowest BCUT2D eigenvalue weighted by Crippen LogP contribution is -2.47. The van der Waals surface area contributed by atoms with Gasteiger partial charge in [-0.1, -0.05) is 20.8 Å². The monoisotopic (exact) mass is 349 g/mol. The highest BCUT2D eigenvalue weighted by Gasteiger charge is 2.34. The summed E-state index contributed by atoms with van der Waals surface area (Å²) < 4.78 is 0.153. The molecule has 1 aromatic rings. The highest BCUT2D eigenvalue weighted by atomic mass is 32.2. The summed E-state index contributed by atoms with van der Waals surface area (Å²) in [6.45, 7) is 7.13. The summed E-state index contributed by atoms with van der Waals surface area (Å²) >= 11 is 1.79. The van der Waals surface area contributed by atoms with Gasteiger partial charge in [0, 0.05) is 36.0 Å². The van der Waals surface area contributed by atoms with Gasteiger partial charge in [0.2, 0.25) is 5.91 Å². The molecule has 0 aliphatic carbocycles. The summed E-state index contributed by atoms with van der Waals surface area (Å²) in [7, 11) is 3.45. The molecule has 132 valence electrons. The van der Waals surface area contributed by atoms with Crippen LogP contribution < -0.4 is 5.32 Å². The van der Waals surface area contributed by atoms with Gasteiger partial charge < -0.3 is 15.1 Å². The number of likely N-dealkylation sites (tertiary alicyclic amines) is 1. The van der Waals surface area contributed by atoms with E-state index in [0.717, 1.165) is 18.5 Å². The first kappa shape index (κ1) is 18.6. The lowest BCUT2D eigenvalue weighted by molar-refractivity contribution is -0.132. The maximum Gasteiger partial charge on any atom is 0.322 e. The first-order valence-corrected chi connectivity index (χ1v) is 9.07. The number of hydrogen-bond acceptors (Lipinski definition) is 3. The molecule has 1 unspecified atom stereocenters. The number of amides is 3. The van der Waals surface area contributed by atoms with E-state index in [9.17, 15) is 9.59 Å². The Labute approximate surface area is 148 Å². The Morgan fingerprint density at radius 2 is 1.83 bits per heavy atom. The molecule has 1 aromatic carbocycles. The molecule has 1 heterocycles. The second-order valence-corrected chi connectivity index (χ2v) is 9.15. The summed E-state index contributed by atoms with van der Waals surface area (Å²) in [5.41, 5.74) is 0.751. The number of carbonyl (C=O) groups is 2. The average molecular weight is 350 g/mol. The minimum absolute atomic E-state index is 0.0143. The molecular weight excluding hydrogens is 322 g/mol. The fraction of sp³-hybridized carbons (Fsp3) is 0.556. The normalized spacial score (nSPS) is 17.7. The summed E-state index contributed by atoms with van der Waals surface area (Å²) in [6, 6.07) is 7.28. The Morgan fingerprint density at radius 3 is 2.38 bits per heavy atom. The third kappa shape index (κ3) is 4.90. The summed E-state index contributed by atoms with van der Waals surface area (Å²) in [6.07, 6.45) is 1.59. The minimum Gasteiger partial charge on any atom is -0.347 e. The van der Waals surface area contributed by atoms with Crippen molar-refractivity contribution in [1.29, 1.82) is 0 Å². The quantitative estimate of drug-likeness (QED) is 0.847. The molecule has 0 bridgehead atoms. The molecule has 0 saturated carbocycles. The van der Waals surface area contributed by atoms with Crippen LogP contribution in [0.5, 0.6) is 0 Å². The zero-order valence-electron chi connectivity index (χ0n) is 15.1. The van der Waals surface area contributed by atoms with Crippen LogP contribution in [0.15, 0.2) is 29.2 Å². The fourth-order valence-corrected chi connectivity index (χ4v) is 3.70. The number of nitrogens with one attached hydrogen (secondary N) is 1. The van der Waals surface area contributed by atoms with Gasteiger partial charge in [-0.2, -0.15) is 0 Å². The Balaban J connectivity index is 2.00. The molecule has 3 amide bonds. The van der Waals surface area contributed by atoms with Crippen molar-refractivity contribution in [2.75, 3.05) is 26.0 Å². The molecule has 0 aromatic heterocycles. The van der Waals surface area contributed by atoms with E-state index in [0.29, 0.717) is 6.54 Å². The maximum atomic E-state index is 12.5. The number of anilines is 1. The standard InChI is InChI=1S/C18H27N3O2S/c1-18(2,3)24-14-10-8-13(9-11-14)19-17(23)21-12-6-7-15(21)16(22)20(4)5/h8-11,15H,6-7,12H2,1-5H3,(H,19,23). The predicted octanol–water partition coefficient (Wildman–Crippen LogP) is 3.66. The van der Waals surface area contributed by atoms with Gasteiger partial charge in [-0.05, 0) is 37.1 Å². The number of benzene rings is 1. The first-order chi connectivity index (χ1) is 11.2. The molecule has 1 saturated heterocycles. The topological polar surface area (TPSA) is 52.7 Å². The number of likely N-dealkylation sites (N-methyl/N-ethyl adjacent to an activating group) is 1. The van der Waals surface area contributed by atoms with Crippen molar-refractivity contribution in [2.45, 2.75) is 49.3 Å². The molecule has 0 spiro atoms. The van der Waals surface area contributed by atoms with E-state index in [2.05, 4.69) is 26.1 Å². The van der Waals surface area contributed by atoms with E-state index < -0.39 is 0 Å². The summed E-state index contributed by atoms with van der Waals surface area (Å²) in [5.74, 6) is -0.0143. The van der Waals surface area contributed by atoms with Crippen molar-refractivity contribution in [2.24, 2.45) is 0 Å². The van der Waals surface area contributed by atoms with E-state index in [1.807, 2.05) is 24.3 Å². The van der Waals surface area contributed by atoms with E-state index in [1.54, 1.807) is 35.7 Å². The molecular formula is C18H27N3O2S. The average Bonchev–Trinajstić information content (AvgIpc) is 2.96. The summed E-state index contributed by atoms with van der Waals surface area (Å²) in [4.78, 5) is 29.1. The zero-order chi connectivity index (χ0) is 17.9. The van der Waals surface area contributed by atoms with Crippen LogP contribution in [0.2, 0.25) is 0 Å². The molecule has 5 nitrogen and oxygen atoms in total. The van der Waals surface area contributed by atoms with Crippen molar-refractivity contribution in [3.05, 3.63) is 24.3 Å². The lowest BCUT2D eigenvalue weighted by Gasteiger charge is -2.26. The van der Waals surface area contributed by atoms with Crippen LogP contribution in [0.3, 0.4) is 0 Å². The van der Waals surface area contributed by atoms with Crippen LogP contribution in [0.4, 0.5) is 10.5 Å². The molecule has 1 atom stereocenters. The van der Waals surface area contributed by atoms with E-state index >= 15 is 0 Å². The van der Waals surface area contributed by atoms with Crippen LogP contribution in [0.25, 0.3) is 0 Å². The molecule has 24 heavy (non-hydrogen) atoms. The van der Waals surface area contributed by atoms with Crippen molar-refractivity contribution in [1.82, 2.24) is 9.80 Å². The van der Waals surface area contributed by atoms with Crippen molar-refractivity contribution in [3.8, 4) is 0 Å². The van der Waals surface area contributed by atoms with Crippen molar-refractivity contribution < 1.29 is 9.59 Å².